The summed E-state index contributed by atoms with van der Waals surface area (Å²) in [5.41, 5.74) is 0. The molecular weight excluding hydrogens is 212 g/mol. The lowest BCUT2D eigenvalue weighted by molar-refractivity contribution is -0.140. The van der Waals surface area contributed by atoms with E-state index in [1.54, 1.807) is 0 Å². The summed E-state index contributed by atoms with van der Waals surface area (Å²) in [6.07, 6.45) is 4.20. The van der Waals surface area contributed by atoms with Crippen molar-refractivity contribution in [3.8, 4) is 0 Å². The Morgan fingerprint density at radius 1 is 1.06 bits per heavy atom. The van der Waals surface area contributed by atoms with Crippen LogP contribution in [0.1, 0.15) is 26.2 Å². The summed E-state index contributed by atoms with van der Waals surface area (Å²) in [4.78, 5) is 21.9. The maximum Gasteiger partial charge on any atom is 0.331 e. The largest absolute Gasteiger partial charge is 0.463 e. The molecular formula is C11H18O5. The van der Waals surface area contributed by atoms with E-state index in [4.69, 9.17) is 9.84 Å². The second-order valence-corrected chi connectivity index (χ2v) is 3.10. The minimum absolute atomic E-state index is 0.0317. The van der Waals surface area contributed by atoms with E-state index >= 15 is 0 Å². The lowest BCUT2D eigenvalue weighted by Gasteiger charge is -2.00. The summed E-state index contributed by atoms with van der Waals surface area (Å²) < 4.78 is 9.45. The molecule has 0 saturated carbocycles. The van der Waals surface area contributed by atoms with Gasteiger partial charge in [-0.3, -0.25) is 0 Å². The number of aliphatic hydroxyl groups is 1. The highest BCUT2D eigenvalue weighted by Crippen LogP contribution is 1.91. The van der Waals surface area contributed by atoms with Gasteiger partial charge in [-0.1, -0.05) is 13.3 Å². The van der Waals surface area contributed by atoms with Crippen molar-refractivity contribution in [2.24, 2.45) is 0 Å². The van der Waals surface area contributed by atoms with Crippen LogP contribution < -0.4 is 0 Å². The fourth-order valence-corrected chi connectivity index (χ4v) is 0.787. The molecule has 0 bridgehead atoms. The van der Waals surface area contributed by atoms with Crippen LogP contribution in [-0.4, -0.2) is 36.9 Å². The number of carbonyl (C=O) groups excluding carboxylic acids is 2. The van der Waals surface area contributed by atoms with E-state index in [-0.39, 0.29) is 13.2 Å². The molecule has 1 N–H and O–H groups in total. The van der Waals surface area contributed by atoms with Gasteiger partial charge >= 0.3 is 11.9 Å². The Morgan fingerprint density at radius 3 is 2.00 bits per heavy atom. The van der Waals surface area contributed by atoms with Gasteiger partial charge in [-0.05, 0) is 6.42 Å². The van der Waals surface area contributed by atoms with Gasteiger partial charge in [-0.15, -0.1) is 0 Å². The summed E-state index contributed by atoms with van der Waals surface area (Å²) >= 11 is 0. The van der Waals surface area contributed by atoms with E-state index < -0.39 is 11.9 Å². The van der Waals surface area contributed by atoms with Crippen molar-refractivity contribution in [2.45, 2.75) is 26.2 Å². The van der Waals surface area contributed by atoms with Gasteiger partial charge in [-0.25, -0.2) is 9.59 Å². The third kappa shape index (κ3) is 9.21. The SMILES string of the molecule is CCCCOC(=O)C=CC(=O)OCCCO. The molecule has 0 aliphatic carbocycles. The predicted molar refractivity (Wildman–Crippen MR) is 57.7 cm³/mol. The van der Waals surface area contributed by atoms with Crippen LogP contribution in [0.15, 0.2) is 12.2 Å². The molecule has 0 aromatic rings. The van der Waals surface area contributed by atoms with E-state index in [0.29, 0.717) is 13.0 Å². The molecule has 0 amide bonds. The van der Waals surface area contributed by atoms with Gasteiger partial charge in [0, 0.05) is 25.2 Å². The number of aliphatic hydroxyl groups excluding tert-OH is 1. The fraction of sp³-hybridized carbons (Fsp3) is 0.636. The molecule has 0 rings (SSSR count). The van der Waals surface area contributed by atoms with Crippen molar-refractivity contribution < 1.29 is 24.2 Å². The first-order valence-electron chi connectivity index (χ1n) is 5.33. The second-order valence-electron chi connectivity index (χ2n) is 3.10. The number of ether oxygens (including phenoxy) is 2. The summed E-state index contributed by atoms with van der Waals surface area (Å²) in [6.45, 7) is 2.46. The molecule has 16 heavy (non-hydrogen) atoms. The summed E-state index contributed by atoms with van der Waals surface area (Å²) in [7, 11) is 0. The molecule has 0 aromatic carbocycles. The number of carbonyl (C=O) groups is 2. The Balaban J connectivity index is 3.63. The molecule has 0 aromatic heterocycles. The van der Waals surface area contributed by atoms with Crippen molar-refractivity contribution in [3.05, 3.63) is 12.2 Å². The Hall–Kier alpha value is -1.36. The zero-order chi connectivity index (χ0) is 12.2. The van der Waals surface area contributed by atoms with Gasteiger partial charge in [-0.2, -0.15) is 0 Å². The minimum Gasteiger partial charge on any atom is -0.463 e. The fourth-order valence-electron chi connectivity index (χ4n) is 0.787. The van der Waals surface area contributed by atoms with Gasteiger partial charge in [0.15, 0.2) is 0 Å². The van der Waals surface area contributed by atoms with E-state index in [9.17, 15) is 9.59 Å². The van der Waals surface area contributed by atoms with Crippen LogP contribution >= 0.6 is 0 Å². The van der Waals surface area contributed by atoms with Gasteiger partial charge < -0.3 is 14.6 Å². The summed E-state index contributed by atoms with van der Waals surface area (Å²) in [5, 5.41) is 8.43. The number of hydrogen-bond donors (Lipinski definition) is 1. The van der Waals surface area contributed by atoms with E-state index in [1.165, 1.54) is 0 Å². The molecule has 0 saturated heterocycles. The number of unbranched alkanes of at least 4 members (excludes halogenated alkanes) is 1. The van der Waals surface area contributed by atoms with Crippen LogP contribution in [0.5, 0.6) is 0 Å². The number of rotatable bonds is 8. The zero-order valence-corrected chi connectivity index (χ0v) is 9.48. The Morgan fingerprint density at radius 2 is 1.56 bits per heavy atom. The molecule has 5 nitrogen and oxygen atoms in total. The van der Waals surface area contributed by atoms with Crippen molar-refractivity contribution >= 4 is 11.9 Å². The number of hydrogen-bond acceptors (Lipinski definition) is 5. The highest BCUT2D eigenvalue weighted by molar-refractivity contribution is 5.91. The number of esters is 2. The van der Waals surface area contributed by atoms with Gasteiger partial charge in [0.2, 0.25) is 0 Å². The van der Waals surface area contributed by atoms with Crippen molar-refractivity contribution in [1.82, 2.24) is 0 Å². The molecule has 0 aliphatic heterocycles. The molecule has 92 valence electrons. The lowest BCUT2D eigenvalue weighted by Crippen LogP contribution is -2.06. The monoisotopic (exact) mass is 230 g/mol. The van der Waals surface area contributed by atoms with Crippen LogP contribution in [0.25, 0.3) is 0 Å². The van der Waals surface area contributed by atoms with E-state index in [2.05, 4.69) is 4.74 Å². The summed E-state index contributed by atoms with van der Waals surface area (Å²) in [5.74, 6) is -1.16. The molecule has 0 fully saturated rings. The molecule has 5 heteroatoms. The van der Waals surface area contributed by atoms with Crippen LogP contribution in [-0.2, 0) is 19.1 Å². The van der Waals surface area contributed by atoms with Crippen molar-refractivity contribution in [1.29, 1.82) is 0 Å². The first kappa shape index (κ1) is 14.6. The molecule has 0 aliphatic rings. The average molecular weight is 230 g/mol. The standard InChI is InChI=1S/C11H18O5/c1-2-3-8-15-10(13)5-6-11(14)16-9-4-7-12/h5-6,12H,2-4,7-9H2,1H3. The maximum absolute atomic E-state index is 11.0. The molecule has 0 spiro atoms. The van der Waals surface area contributed by atoms with Crippen molar-refractivity contribution in [2.75, 3.05) is 19.8 Å². The topological polar surface area (TPSA) is 72.8 Å². The van der Waals surface area contributed by atoms with Gasteiger partial charge in [0.1, 0.15) is 0 Å². The average Bonchev–Trinajstić information content (AvgIpc) is 2.27. The lowest BCUT2D eigenvalue weighted by atomic mass is 10.4. The van der Waals surface area contributed by atoms with Gasteiger partial charge in [0.05, 0.1) is 13.2 Å². The quantitative estimate of drug-likeness (QED) is 0.379. The maximum atomic E-state index is 11.0. The molecule has 0 atom stereocenters. The van der Waals surface area contributed by atoms with Crippen LogP contribution in [0.3, 0.4) is 0 Å². The van der Waals surface area contributed by atoms with Crippen molar-refractivity contribution in [3.63, 3.8) is 0 Å². The molecule has 0 unspecified atom stereocenters. The Kier molecular flexibility index (Phi) is 9.30. The van der Waals surface area contributed by atoms with Gasteiger partial charge in [0.25, 0.3) is 0 Å². The first-order valence-corrected chi connectivity index (χ1v) is 5.33. The predicted octanol–water partition coefficient (Wildman–Crippen LogP) is 0.811. The highest BCUT2D eigenvalue weighted by Gasteiger charge is 2.00. The second kappa shape index (κ2) is 10.2. The Labute approximate surface area is 95.0 Å². The third-order valence-corrected chi connectivity index (χ3v) is 1.64. The normalized spacial score (nSPS) is 10.4. The summed E-state index contributed by atoms with van der Waals surface area (Å²) in [6, 6.07) is 0. The van der Waals surface area contributed by atoms with Crippen LogP contribution in [0, 0.1) is 0 Å². The third-order valence-electron chi connectivity index (χ3n) is 1.64. The van der Waals surface area contributed by atoms with Crippen LogP contribution in [0.2, 0.25) is 0 Å². The molecule has 0 heterocycles. The van der Waals surface area contributed by atoms with Crippen LogP contribution in [0.4, 0.5) is 0 Å². The Bertz CT molecular complexity index is 211. The smallest absolute Gasteiger partial charge is 0.331 e. The molecule has 0 radical (unpaired) electrons. The first-order chi connectivity index (χ1) is 7.70. The minimum atomic E-state index is -0.610. The van der Waals surface area contributed by atoms with E-state index in [1.807, 2.05) is 6.92 Å². The zero-order valence-electron chi connectivity index (χ0n) is 9.48. The highest BCUT2D eigenvalue weighted by atomic mass is 16.5. The van der Waals surface area contributed by atoms with E-state index in [0.717, 1.165) is 25.0 Å².